The zero-order valence-corrected chi connectivity index (χ0v) is 43.5. The molecule has 6 rings (SSSR count). The first-order valence-electron chi connectivity index (χ1n) is 26.0. The molecular weight excluding hydrogens is 952 g/mol. The van der Waals surface area contributed by atoms with Crippen LogP contribution in [0.2, 0.25) is 10.0 Å². The van der Waals surface area contributed by atoms with Gasteiger partial charge in [0.05, 0.1) is 21.2 Å². The quantitative estimate of drug-likeness (QED) is 0.0518. The molecule has 4 aliphatic carbocycles. The summed E-state index contributed by atoms with van der Waals surface area (Å²) in [6.07, 6.45) is 15.3. The molecular formula is C55H76Cl2N2O12. The molecule has 14 nitrogen and oxygen atoms in total. The fourth-order valence-corrected chi connectivity index (χ4v) is 14.7. The Bertz CT molecular complexity index is 2200. The van der Waals surface area contributed by atoms with Crippen molar-refractivity contribution in [3.63, 3.8) is 0 Å². The molecule has 0 saturated heterocycles. The van der Waals surface area contributed by atoms with E-state index in [1.54, 1.807) is 0 Å². The van der Waals surface area contributed by atoms with Crippen molar-refractivity contribution < 1.29 is 59.4 Å². The van der Waals surface area contributed by atoms with Crippen LogP contribution in [0.15, 0.2) is 24.3 Å². The number of halogens is 2. The van der Waals surface area contributed by atoms with E-state index in [1.165, 1.54) is 88.5 Å². The van der Waals surface area contributed by atoms with E-state index in [9.17, 15) is 49.2 Å². The van der Waals surface area contributed by atoms with Crippen LogP contribution in [0.25, 0.3) is 0 Å². The van der Waals surface area contributed by atoms with E-state index in [4.69, 9.17) is 33.4 Å². The number of hydrogen-bond acceptors (Lipinski definition) is 8. The third-order valence-corrected chi connectivity index (χ3v) is 18.6. The van der Waals surface area contributed by atoms with E-state index >= 15 is 0 Å². The van der Waals surface area contributed by atoms with Crippen molar-refractivity contribution in [1.29, 1.82) is 0 Å². The Labute approximate surface area is 428 Å². The summed E-state index contributed by atoms with van der Waals surface area (Å²) in [5.41, 5.74) is 0.736. The van der Waals surface area contributed by atoms with Gasteiger partial charge in [0.15, 0.2) is 0 Å². The average Bonchev–Trinajstić information content (AvgIpc) is 3.66. The Morgan fingerprint density at radius 1 is 0.634 bits per heavy atom. The first kappa shape index (κ1) is 55.7. The van der Waals surface area contributed by atoms with Gasteiger partial charge in [-0.05, 0) is 171 Å². The lowest BCUT2D eigenvalue weighted by molar-refractivity contribution is -0.142. The van der Waals surface area contributed by atoms with Crippen LogP contribution in [0.5, 0.6) is 11.5 Å². The lowest BCUT2D eigenvalue weighted by atomic mass is 9.44. The molecule has 0 spiro atoms. The highest BCUT2D eigenvalue weighted by Gasteiger charge is 2.60. The highest BCUT2D eigenvalue weighted by Crippen LogP contribution is 2.69. The second kappa shape index (κ2) is 23.5. The summed E-state index contributed by atoms with van der Waals surface area (Å²) in [7, 11) is 0. The Balaban J connectivity index is 1.22. The summed E-state index contributed by atoms with van der Waals surface area (Å²) in [6, 6.07) is 2.40. The number of benzene rings is 2. The van der Waals surface area contributed by atoms with Gasteiger partial charge in [0.1, 0.15) is 23.6 Å². The number of carbonyl (C=O) groups excluding carboxylic acids is 2. The van der Waals surface area contributed by atoms with Gasteiger partial charge in [-0.3, -0.25) is 19.2 Å². The van der Waals surface area contributed by atoms with Gasteiger partial charge in [-0.1, -0.05) is 89.9 Å². The van der Waals surface area contributed by atoms with E-state index < -0.39 is 90.9 Å². The molecule has 0 radical (unpaired) electrons. The summed E-state index contributed by atoms with van der Waals surface area (Å²) in [6.45, 7) is 12.4. The van der Waals surface area contributed by atoms with Gasteiger partial charge in [0.25, 0.3) is 11.8 Å². The molecule has 8 N–H and O–H groups in total. The van der Waals surface area contributed by atoms with Crippen LogP contribution in [0.3, 0.4) is 0 Å². The van der Waals surface area contributed by atoms with Gasteiger partial charge < -0.3 is 41.3 Å². The third kappa shape index (κ3) is 12.8. The first-order valence-corrected chi connectivity index (χ1v) is 26.8. The number of aromatic hydroxyl groups is 2. The SMILES string of the molecule is CC(C)CCC[C@@H](C)[C@H]1CC[C@H]2[C@@H]3CC[C@H]4C[C@@H](CCCC(c5cc(Cl)c(O)c(C(=O)N[C@@H](CCC(=O)O)C(=O)O)c5)c5cc(Cl)c(O)c(C(=O)N[C@@H](CCC(=O)O)C(=O)O)c5)CC[C@]4(C)[C@H]3CC[C@]12C. The number of carbonyl (C=O) groups is 6. The fourth-order valence-electron chi connectivity index (χ4n) is 14.3. The minimum Gasteiger partial charge on any atom is -0.506 e. The summed E-state index contributed by atoms with van der Waals surface area (Å²) in [5, 5.41) is 64.1. The zero-order valence-electron chi connectivity index (χ0n) is 42.0. The monoisotopic (exact) mass is 1030 g/mol. The molecule has 0 heterocycles. The molecule has 11 atom stereocenters. The van der Waals surface area contributed by atoms with Gasteiger partial charge in [-0.25, -0.2) is 9.59 Å². The van der Waals surface area contributed by atoms with Gasteiger partial charge >= 0.3 is 23.9 Å². The molecule has 0 aliphatic heterocycles. The Morgan fingerprint density at radius 2 is 1.15 bits per heavy atom. The number of rotatable bonds is 23. The van der Waals surface area contributed by atoms with Crippen molar-refractivity contribution in [3.8, 4) is 11.5 Å². The third-order valence-electron chi connectivity index (χ3n) is 18.0. The molecule has 2 amide bonds. The van der Waals surface area contributed by atoms with Crippen molar-refractivity contribution >= 4 is 58.9 Å². The Morgan fingerprint density at radius 3 is 1.66 bits per heavy atom. The van der Waals surface area contributed by atoms with Crippen LogP contribution in [-0.2, 0) is 19.2 Å². The smallest absolute Gasteiger partial charge is 0.326 e. The number of phenols is 2. The van der Waals surface area contributed by atoms with E-state index in [0.717, 1.165) is 54.8 Å². The standard InChI is InChI=1S/C55H76Cl2N2O12/c1-29(2)8-6-9-30(3)39-14-15-40-36-13-12-34-24-31(20-22-54(34,4)41(36)21-23-55(39,40)5)10-7-11-35(32-25-37(48(64)42(56)27-32)50(66)58-44(52(68)69)16-18-46(60)61)33-26-38(49(65)43(57)28-33)51(67)59-45(53(70)71)17-19-47(62)63/h25-31,34-36,39-41,44-45,64-65H,6-24H2,1-5H3,(H,58,66)(H,59,67)(H,60,61)(H,62,63)(H,68,69)(H,70,71)/t30-,31+,34+,36+,39-,40+,41+,44+,45+,54+,55-/m1/s1. The van der Waals surface area contributed by atoms with E-state index in [1.807, 2.05) is 0 Å². The van der Waals surface area contributed by atoms with E-state index in [0.29, 0.717) is 46.6 Å². The highest BCUT2D eigenvalue weighted by atomic mass is 35.5. The van der Waals surface area contributed by atoms with Gasteiger partial charge in [0.2, 0.25) is 0 Å². The van der Waals surface area contributed by atoms with Gasteiger partial charge in [-0.15, -0.1) is 0 Å². The molecule has 0 aromatic heterocycles. The maximum Gasteiger partial charge on any atom is 0.326 e. The fraction of sp³-hybridized carbons (Fsp3) is 0.673. The molecule has 0 bridgehead atoms. The molecule has 392 valence electrons. The second-order valence-electron chi connectivity index (χ2n) is 22.7. The minimum atomic E-state index is -1.60. The summed E-state index contributed by atoms with van der Waals surface area (Å²) < 4.78 is 0. The predicted octanol–water partition coefficient (Wildman–Crippen LogP) is 11.5. The summed E-state index contributed by atoms with van der Waals surface area (Å²) in [5.74, 6) is -3.75. The molecule has 71 heavy (non-hydrogen) atoms. The molecule has 16 heteroatoms. The molecule has 2 aromatic carbocycles. The van der Waals surface area contributed by atoms with Gasteiger partial charge in [-0.2, -0.15) is 0 Å². The molecule has 0 unspecified atom stereocenters. The molecule has 2 aromatic rings. The molecule has 4 saturated carbocycles. The number of nitrogens with one attached hydrogen (secondary N) is 2. The van der Waals surface area contributed by atoms with Crippen molar-refractivity contribution in [2.24, 2.45) is 58.2 Å². The van der Waals surface area contributed by atoms with Crippen LogP contribution in [-0.4, -0.2) is 78.4 Å². The number of amides is 2. The van der Waals surface area contributed by atoms with Crippen molar-refractivity contribution in [3.05, 3.63) is 56.6 Å². The number of carboxylic acids is 4. The number of carboxylic acid groups (broad SMARTS) is 4. The predicted molar refractivity (Wildman–Crippen MR) is 270 cm³/mol. The van der Waals surface area contributed by atoms with Crippen LogP contribution < -0.4 is 10.6 Å². The number of phenolic OH excluding ortho intramolecular Hbond substituents is 2. The van der Waals surface area contributed by atoms with Crippen LogP contribution in [0, 0.1) is 58.2 Å². The normalized spacial score (nSPS) is 27.2. The molecule has 4 aliphatic rings. The maximum atomic E-state index is 13.7. The highest BCUT2D eigenvalue weighted by molar-refractivity contribution is 6.33. The Hall–Kier alpha value is -4.56. The topological polar surface area (TPSA) is 248 Å². The van der Waals surface area contributed by atoms with Crippen molar-refractivity contribution in [2.45, 2.75) is 175 Å². The number of fused-ring (bicyclic) bond motifs is 5. The van der Waals surface area contributed by atoms with Crippen LogP contribution in [0.4, 0.5) is 0 Å². The summed E-state index contributed by atoms with van der Waals surface area (Å²) >= 11 is 13.2. The minimum absolute atomic E-state index is 0.241. The van der Waals surface area contributed by atoms with E-state index in [-0.39, 0.29) is 21.2 Å². The van der Waals surface area contributed by atoms with Crippen LogP contribution in [0.1, 0.15) is 194 Å². The number of hydrogen-bond donors (Lipinski definition) is 8. The largest absolute Gasteiger partial charge is 0.506 e. The number of aliphatic carboxylic acids is 4. The first-order chi connectivity index (χ1) is 33.4. The van der Waals surface area contributed by atoms with Crippen molar-refractivity contribution in [1.82, 2.24) is 10.6 Å². The lowest BCUT2D eigenvalue weighted by Crippen LogP contribution is -2.53. The van der Waals surface area contributed by atoms with Gasteiger partial charge in [0, 0.05) is 18.8 Å². The summed E-state index contributed by atoms with van der Waals surface area (Å²) in [4.78, 5) is 73.8. The van der Waals surface area contributed by atoms with Crippen molar-refractivity contribution in [2.75, 3.05) is 0 Å². The molecule has 4 fully saturated rings. The lowest BCUT2D eigenvalue weighted by Gasteiger charge is -2.61. The second-order valence-corrected chi connectivity index (χ2v) is 23.5. The average molecular weight is 1030 g/mol. The van der Waals surface area contributed by atoms with E-state index in [2.05, 4.69) is 45.3 Å². The Kier molecular flexibility index (Phi) is 18.5. The maximum absolute atomic E-state index is 13.7. The zero-order chi connectivity index (χ0) is 52.1. The van der Waals surface area contributed by atoms with Crippen LogP contribution >= 0.6 is 23.2 Å².